The summed E-state index contributed by atoms with van der Waals surface area (Å²) in [5.41, 5.74) is 1.26. The summed E-state index contributed by atoms with van der Waals surface area (Å²) in [6, 6.07) is 6.94. The zero-order valence-corrected chi connectivity index (χ0v) is 11.9. The second-order valence-electron chi connectivity index (χ2n) is 4.58. The van der Waals surface area contributed by atoms with E-state index in [-0.39, 0.29) is 11.5 Å². The van der Waals surface area contributed by atoms with Crippen molar-refractivity contribution in [1.82, 2.24) is 4.90 Å². The van der Waals surface area contributed by atoms with Crippen LogP contribution in [0.3, 0.4) is 0 Å². The molecular weight excluding hydrogens is 256 g/mol. The molecule has 1 aromatic carbocycles. The third kappa shape index (κ3) is 5.00. The van der Waals surface area contributed by atoms with Gasteiger partial charge in [-0.25, -0.2) is 0 Å². The maximum Gasteiger partial charge on any atom is 0.159 e. The van der Waals surface area contributed by atoms with E-state index in [1.54, 1.807) is 19.2 Å². The minimum atomic E-state index is -0.0354. The molecule has 1 aromatic rings. The van der Waals surface area contributed by atoms with Crippen LogP contribution in [0.1, 0.15) is 29.3 Å². The van der Waals surface area contributed by atoms with Gasteiger partial charge in [0.1, 0.15) is 5.75 Å². The second-order valence-corrected chi connectivity index (χ2v) is 4.58. The lowest BCUT2D eigenvalue weighted by atomic mass is 10.1. The molecule has 0 aliphatic heterocycles. The summed E-state index contributed by atoms with van der Waals surface area (Å²) < 4.78 is 5.04. The van der Waals surface area contributed by atoms with E-state index < -0.39 is 0 Å². The molecule has 0 saturated heterocycles. The quantitative estimate of drug-likeness (QED) is 0.735. The molecule has 108 valence electrons. The molecule has 0 bridgehead atoms. The van der Waals surface area contributed by atoms with Crippen molar-refractivity contribution in [3.05, 3.63) is 29.3 Å². The molecule has 0 spiro atoms. The summed E-state index contributed by atoms with van der Waals surface area (Å²) in [6.45, 7) is 3.80. The first-order valence-electron chi connectivity index (χ1n) is 6.49. The minimum absolute atomic E-state index is 0.0354. The summed E-state index contributed by atoms with van der Waals surface area (Å²) in [5, 5.41) is 18.6. The number of rotatable bonds is 8. The molecule has 0 heterocycles. The van der Waals surface area contributed by atoms with Crippen LogP contribution in [-0.4, -0.2) is 42.6 Å². The molecule has 0 fully saturated rings. The molecule has 0 atom stereocenters. The van der Waals surface area contributed by atoms with Crippen LogP contribution in [0.4, 0.5) is 0 Å². The van der Waals surface area contributed by atoms with Crippen molar-refractivity contribution in [2.75, 3.05) is 26.8 Å². The number of ether oxygens (including phenoxy) is 1. The fourth-order valence-electron chi connectivity index (χ4n) is 1.87. The van der Waals surface area contributed by atoms with Gasteiger partial charge >= 0.3 is 0 Å². The first kappa shape index (κ1) is 16.2. The summed E-state index contributed by atoms with van der Waals surface area (Å²) in [7, 11) is 1.62. The van der Waals surface area contributed by atoms with Crippen molar-refractivity contribution in [3.8, 4) is 11.8 Å². The number of nitriles is 1. The Morgan fingerprint density at radius 3 is 2.80 bits per heavy atom. The Kier molecular flexibility index (Phi) is 6.71. The van der Waals surface area contributed by atoms with E-state index in [4.69, 9.17) is 10.00 Å². The Labute approximate surface area is 119 Å². The zero-order chi connectivity index (χ0) is 15.0. The predicted molar refractivity (Wildman–Crippen MR) is 75.5 cm³/mol. The van der Waals surface area contributed by atoms with Crippen molar-refractivity contribution in [1.29, 1.82) is 5.26 Å². The topological polar surface area (TPSA) is 73.6 Å². The number of aromatic hydroxyl groups is 1. The van der Waals surface area contributed by atoms with Crippen LogP contribution in [-0.2, 0) is 11.3 Å². The summed E-state index contributed by atoms with van der Waals surface area (Å²) in [6.07, 6.45) is 0.414. The molecule has 0 unspecified atom stereocenters. The highest BCUT2D eigenvalue weighted by Gasteiger charge is 2.11. The van der Waals surface area contributed by atoms with Gasteiger partial charge in [-0.15, -0.1) is 0 Å². The average Bonchev–Trinajstić information content (AvgIpc) is 2.43. The Morgan fingerprint density at radius 2 is 2.20 bits per heavy atom. The van der Waals surface area contributed by atoms with Gasteiger partial charge in [0.25, 0.3) is 0 Å². The number of carbonyl (C=O) groups is 1. The molecule has 0 aliphatic rings. The molecule has 20 heavy (non-hydrogen) atoms. The van der Waals surface area contributed by atoms with Crippen molar-refractivity contribution in [2.24, 2.45) is 0 Å². The summed E-state index contributed by atoms with van der Waals surface area (Å²) >= 11 is 0. The number of benzene rings is 1. The monoisotopic (exact) mass is 276 g/mol. The lowest BCUT2D eigenvalue weighted by molar-refractivity contribution is 0.101. The molecule has 0 saturated carbocycles. The number of ketones is 1. The minimum Gasteiger partial charge on any atom is -0.508 e. The average molecular weight is 276 g/mol. The fraction of sp³-hybridized carbons (Fsp3) is 0.467. The summed E-state index contributed by atoms with van der Waals surface area (Å²) in [4.78, 5) is 13.4. The van der Waals surface area contributed by atoms with Gasteiger partial charge < -0.3 is 9.84 Å². The van der Waals surface area contributed by atoms with Gasteiger partial charge in [-0.1, -0.05) is 0 Å². The third-order valence-electron chi connectivity index (χ3n) is 3.03. The molecular formula is C15H20N2O3. The third-order valence-corrected chi connectivity index (χ3v) is 3.03. The van der Waals surface area contributed by atoms with Gasteiger partial charge in [0.05, 0.1) is 12.7 Å². The SMILES string of the molecule is COCCN(CCC#N)Cc1cc(C(C)=O)ccc1O. The molecule has 1 rings (SSSR count). The van der Waals surface area contributed by atoms with Crippen molar-refractivity contribution in [3.63, 3.8) is 0 Å². The molecule has 5 nitrogen and oxygen atoms in total. The Morgan fingerprint density at radius 1 is 1.45 bits per heavy atom. The van der Waals surface area contributed by atoms with Gasteiger partial charge in [0, 0.05) is 44.3 Å². The Balaban J connectivity index is 2.83. The van der Waals surface area contributed by atoms with Crippen molar-refractivity contribution < 1.29 is 14.6 Å². The molecule has 1 N–H and O–H groups in total. The highest BCUT2D eigenvalue weighted by atomic mass is 16.5. The first-order chi connectivity index (χ1) is 9.58. The van der Waals surface area contributed by atoms with Gasteiger partial charge in [0.2, 0.25) is 0 Å². The zero-order valence-electron chi connectivity index (χ0n) is 11.9. The van der Waals surface area contributed by atoms with Crippen molar-refractivity contribution in [2.45, 2.75) is 19.9 Å². The standard InChI is InChI=1S/C15H20N2O3/c1-12(18)13-4-5-15(19)14(10-13)11-17(7-3-6-16)8-9-20-2/h4-5,10,19H,3,7-9,11H2,1-2H3. The van der Waals surface area contributed by atoms with Gasteiger partial charge in [-0.3, -0.25) is 9.69 Å². The number of carbonyl (C=O) groups excluding carboxylic acids is 1. The summed E-state index contributed by atoms with van der Waals surface area (Å²) in [5.74, 6) is 0.126. The number of hydrogen-bond acceptors (Lipinski definition) is 5. The number of nitrogens with zero attached hydrogens (tertiary/aromatic N) is 2. The largest absolute Gasteiger partial charge is 0.508 e. The van der Waals surface area contributed by atoms with Crippen LogP contribution in [0, 0.1) is 11.3 Å². The number of phenols is 1. The van der Waals surface area contributed by atoms with Crippen LogP contribution in [0.2, 0.25) is 0 Å². The van der Waals surface area contributed by atoms with E-state index in [0.717, 1.165) is 0 Å². The fourth-order valence-corrected chi connectivity index (χ4v) is 1.87. The van der Waals surface area contributed by atoms with Crippen LogP contribution < -0.4 is 0 Å². The lowest BCUT2D eigenvalue weighted by Crippen LogP contribution is -2.28. The number of hydrogen-bond donors (Lipinski definition) is 1. The maximum absolute atomic E-state index is 11.4. The van der Waals surface area contributed by atoms with Crippen LogP contribution >= 0.6 is 0 Å². The normalized spacial score (nSPS) is 10.5. The number of Topliss-reactive ketones (excluding diaryl/α,β-unsaturated/α-hetero) is 1. The van der Waals surface area contributed by atoms with E-state index in [1.807, 2.05) is 4.90 Å². The Hall–Kier alpha value is -1.90. The number of methoxy groups -OCH3 is 1. The smallest absolute Gasteiger partial charge is 0.159 e. The van der Waals surface area contributed by atoms with E-state index in [2.05, 4.69) is 6.07 Å². The number of phenolic OH excluding ortho intramolecular Hbond substituents is 1. The van der Waals surface area contributed by atoms with Gasteiger partial charge in [0.15, 0.2) is 5.78 Å². The van der Waals surface area contributed by atoms with E-state index in [1.165, 1.54) is 13.0 Å². The van der Waals surface area contributed by atoms with Gasteiger partial charge in [-0.05, 0) is 25.1 Å². The Bertz CT molecular complexity index is 494. The highest BCUT2D eigenvalue weighted by molar-refractivity contribution is 5.94. The first-order valence-corrected chi connectivity index (χ1v) is 6.49. The second kappa shape index (κ2) is 8.31. The molecule has 5 heteroatoms. The molecule has 0 radical (unpaired) electrons. The molecule has 0 aromatic heterocycles. The van der Waals surface area contributed by atoms with E-state index in [0.29, 0.717) is 43.8 Å². The van der Waals surface area contributed by atoms with Crippen LogP contribution in [0.15, 0.2) is 18.2 Å². The predicted octanol–water partition coefficient (Wildman–Crippen LogP) is 1.96. The highest BCUT2D eigenvalue weighted by Crippen LogP contribution is 2.20. The molecule has 0 aliphatic carbocycles. The van der Waals surface area contributed by atoms with E-state index >= 15 is 0 Å². The van der Waals surface area contributed by atoms with Crippen LogP contribution in [0.5, 0.6) is 5.75 Å². The van der Waals surface area contributed by atoms with Gasteiger partial charge in [-0.2, -0.15) is 5.26 Å². The lowest BCUT2D eigenvalue weighted by Gasteiger charge is -2.21. The maximum atomic E-state index is 11.4. The van der Waals surface area contributed by atoms with Crippen LogP contribution in [0.25, 0.3) is 0 Å². The van der Waals surface area contributed by atoms with Crippen molar-refractivity contribution >= 4 is 5.78 Å². The van der Waals surface area contributed by atoms with E-state index in [9.17, 15) is 9.90 Å². The molecule has 0 amide bonds.